The summed E-state index contributed by atoms with van der Waals surface area (Å²) in [6, 6.07) is 4.70. The van der Waals surface area contributed by atoms with Gasteiger partial charge in [-0.3, -0.25) is 4.79 Å². The number of hydrogen-bond acceptors (Lipinski definition) is 5. The van der Waals surface area contributed by atoms with Gasteiger partial charge in [0, 0.05) is 24.6 Å². The lowest BCUT2D eigenvalue weighted by Crippen LogP contribution is -2.12. The minimum absolute atomic E-state index is 0.123. The highest BCUT2D eigenvalue weighted by molar-refractivity contribution is 7.09. The zero-order valence-corrected chi connectivity index (χ0v) is 14.5. The van der Waals surface area contributed by atoms with Gasteiger partial charge in [-0.05, 0) is 43.5 Å². The molecule has 128 valence electrons. The first-order chi connectivity index (χ1) is 11.5. The molecule has 0 aliphatic heterocycles. The molecule has 0 bridgehead atoms. The van der Waals surface area contributed by atoms with Gasteiger partial charge in [-0.2, -0.15) is 0 Å². The van der Waals surface area contributed by atoms with Crippen LogP contribution in [0.4, 0.5) is 5.69 Å². The molecule has 24 heavy (non-hydrogen) atoms. The topological polar surface area (TPSA) is 88.5 Å². The van der Waals surface area contributed by atoms with Crippen molar-refractivity contribution in [1.29, 1.82) is 0 Å². The fourth-order valence-electron chi connectivity index (χ4n) is 2.31. The van der Waals surface area contributed by atoms with Crippen molar-refractivity contribution in [1.82, 2.24) is 4.98 Å². The van der Waals surface area contributed by atoms with Crippen molar-refractivity contribution in [3.63, 3.8) is 0 Å². The Labute approximate surface area is 144 Å². The summed E-state index contributed by atoms with van der Waals surface area (Å²) in [4.78, 5) is 27.6. The summed E-state index contributed by atoms with van der Waals surface area (Å²) >= 11 is 1.60. The van der Waals surface area contributed by atoms with Gasteiger partial charge in [0.05, 0.1) is 22.9 Å². The van der Waals surface area contributed by atoms with E-state index in [2.05, 4.69) is 10.3 Å². The van der Waals surface area contributed by atoms with Crippen molar-refractivity contribution in [2.45, 2.75) is 32.8 Å². The highest BCUT2D eigenvalue weighted by Crippen LogP contribution is 2.17. The molecule has 0 fully saturated rings. The molecule has 6 nitrogen and oxygen atoms in total. The number of carbonyl (C=O) groups excluding carboxylic acids is 1. The molecule has 2 aromatic rings. The van der Waals surface area contributed by atoms with Crippen molar-refractivity contribution in [2.75, 3.05) is 12.4 Å². The number of hydrogen-bond donors (Lipinski definition) is 2. The van der Waals surface area contributed by atoms with Gasteiger partial charge in [0.15, 0.2) is 0 Å². The lowest BCUT2D eigenvalue weighted by Gasteiger charge is -2.09. The molecule has 0 saturated carbocycles. The third-order valence-corrected chi connectivity index (χ3v) is 4.16. The molecule has 2 rings (SSSR count). The Morgan fingerprint density at radius 1 is 1.33 bits per heavy atom. The molecule has 0 unspecified atom stereocenters. The first kappa shape index (κ1) is 18.1. The smallest absolute Gasteiger partial charge is 0.335 e. The van der Waals surface area contributed by atoms with E-state index in [0.717, 1.165) is 17.1 Å². The summed E-state index contributed by atoms with van der Waals surface area (Å²) in [6.07, 6.45) is 1.80. The van der Waals surface area contributed by atoms with E-state index in [1.165, 1.54) is 19.2 Å². The van der Waals surface area contributed by atoms with Crippen LogP contribution in [0.25, 0.3) is 0 Å². The number of benzene rings is 1. The molecule has 0 atom stereocenters. The maximum absolute atomic E-state index is 12.1. The number of rotatable bonds is 8. The number of amides is 1. The summed E-state index contributed by atoms with van der Waals surface area (Å²) in [5.74, 6) is -1.18. The summed E-state index contributed by atoms with van der Waals surface area (Å²) in [5.41, 5.74) is 2.29. The van der Waals surface area contributed by atoms with Crippen LogP contribution in [0.15, 0.2) is 23.6 Å². The third kappa shape index (κ3) is 5.43. The number of carbonyl (C=O) groups is 2. The summed E-state index contributed by atoms with van der Waals surface area (Å²) in [5, 5.41) is 14.9. The standard InChI is InChI=1S/C17H20N2O4S/c1-11-18-14(10-24-11)4-3-5-16(20)19-15-7-12(9-23-2)6-13(8-15)17(21)22/h6-8,10H,3-5,9H2,1-2H3,(H,19,20)(H,21,22). The van der Waals surface area contributed by atoms with E-state index in [4.69, 9.17) is 9.84 Å². The van der Waals surface area contributed by atoms with Gasteiger partial charge in [0.25, 0.3) is 0 Å². The second-order valence-corrected chi connectivity index (χ2v) is 6.48. The molecule has 0 spiro atoms. The Bertz CT molecular complexity index is 727. The van der Waals surface area contributed by atoms with Crippen LogP contribution in [0.2, 0.25) is 0 Å². The van der Waals surface area contributed by atoms with E-state index in [-0.39, 0.29) is 18.1 Å². The average molecular weight is 348 g/mol. The van der Waals surface area contributed by atoms with E-state index >= 15 is 0 Å². The SMILES string of the molecule is COCc1cc(NC(=O)CCCc2csc(C)n2)cc(C(=O)O)c1. The maximum Gasteiger partial charge on any atom is 0.335 e. The molecular formula is C17H20N2O4S. The number of anilines is 1. The van der Waals surface area contributed by atoms with E-state index in [1.807, 2.05) is 12.3 Å². The highest BCUT2D eigenvalue weighted by atomic mass is 32.1. The van der Waals surface area contributed by atoms with Gasteiger partial charge < -0.3 is 15.2 Å². The largest absolute Gasteiger partial charge is 0.478 e. The number of nitrogens with one attached hydrogen (secondary N) is 1. The Balaban J connectivity index is 1.93. The second-order valence-electron chi connectivity index (χ2n) is 5.42. The number of carboxylic acids is 1. The molecule has 0 aliphatic carbocycles. The molecule has 1 aromatic carbocycles. The van der Waals surface area contributed by atoms with Crippen molar-refractivity contribution in [3.8, 4) is 0 Å². The first-order valence-electron chi connectivity index (χ1n) is 7.55. The Morgan fingerprint density at radius 2 is 2.12 bits per heavy atom. The van der Waals surface area contributed by atoms with Crippen molar-refractivity contribution >= 4 is 28.9 Å². The van der Waals surface area contributed by atoms with Crippen LogP contribution in [0, 0.1) is 6.92 Å². The van der Waals surface area contributed by atoms with Crippen LogP contribution in [0.1, 0.15) is 39.5 Å². The molecule has 0 radical (unpaired) electrons. The van der Waals surface area contributed by atoms with Crippen molar-refractivity contribution in [3.05, 3.63) is 45.4 Å². The van der Waals surface area contributed by atoms with Crippen LogP contribution in [-0.4, -0.2) is 29.1 Å². The molecule has 1 heterocycles. The number of thiazole rings is 1. The zero-order valence-electron chi connectivity index (χ0n) is 13.7. The zero-order chi connectivity index (χ0) is 17.5. The first-order valence-corrected chi connectivity index (χ1v) is 8.43. The molecule has 2 N–H and O–H groups in total. The van der Waals surface area contributed by atoms with Crippen LogP contribution < -0.4 is 5.32 Å². The Morgan fingerprint density at radius 3 is 2.75 bits per heavy atom. The minimum Gasteiger partial charge on any atom is -0.478 e. The van der Waals surface area contributed by atoms with Crippen LogP contribution in [0.5, 0.6) is 0 Å². The number of methoxy groups -OCH3 is 1. The average Bonchev–Trinajstić information content (AvgIpc) is 2.92. The number of aromatic carboxylic acids is 1. The summed E-state index contributed by atoms with van der Waals surface area (Å²) < 4.78 is 5.03. The van der Waals surface area contributed by atoms with Crippen molar-refractivity contribution in [2.24, 2.45) is 0 Å². The normalized spacial score (nSPS) is 10.6. The molecule has 0 saturated heterocycles. The number of aromatic nitrogens is 1. The fourth-order valence-corrected chi connectivity index (χ4v) is 2.96. The Kier molecular flexibility index (Phi) is 6.45. The fraction of sp³-hybridized carbons (Fsp3) is 0.353. The molecule has 0 aliphatic rings. The Hall–Kier alpha value is -2.25. The summed E-state index contributed by atoms with van der Waals surface area (Å²) in [7, 11) is 1.53. The third-order valence-electron chi connectivity index (χ3n) is 3.34. The number of carboxylic acid groups (broad SMARTS) is 1. The number of nitrogens with zero attached hydrogens (tertiary/aromatic N) is 1. The monoisotopic (exact) mass is 348 g/mol. The van der Waals surface area contributed by atoms with E-state index < -0.39 is 5.97 Å². The highest BCUT2D eigenvalue weighted by Gasteiger charge is 2.10. The van der Waals surface area contributed by atoms with E-state index in [0.29, 0.717) is 24.1 Å². The van der Waals surface area contributed by atoms with Gasteiger partial charge in [0.1, 0.15) is 0 Å². The molecular weight excluding hydrogens is 328 g/mol. The quantitative estimate of drug-likeness (QED) is 0.764. The predicted molar refractivity (Wildman–Crippen MR) is 92.5 cm³/mol. The maximum atomic E-state index is 12.1. The van der Waals surface area contributed by atoms with Crippen LogP contribution >= 0.6 is 11.3 Å². The van der Waals surface area contributed by atoms with Gasteiger partial charge >= 0.3 is 5.97 Å². The summed E-state index contributed by atoms with van der Waals surface area (Å²) in [6.45, 7) is 2.24. The van der Waals surface area contributed by atoms with Crippen LogP contribution in [-0.2, 0) is 22.6 Å². The van der Waals surface area contributed by atoms with Crippen LogP contribution in [0.3, 0.4) is 0 Å². The van der Waals surface area contributed by atoms with E-state index in [9.17, 15) is 9.59 Å². The van der Waals surface area contributed by atoms with E-state index in [1.54, 1.807) is 17.4 Å². The lowest BCUT2D eigenvalue weighted by atomic mass is 10.1. The second kappa shape index (κ2) is 8.56. The van der Waals surface area contributed by atoms with Gasteiger partial charge in [-0.15, -0.1) is 11.3 Å². The minimum atomic E-state index is -1.04. The predicted octanol–water partition coefficient (Wildman–Crippen LogP) is 3.26. The van der Waals surface area contributed by atoms with Gasteiger partial charge in [-0.1, -0.05) is 0 Å². The molecule has 1 aromatic heterocycles. The van der Waals surface area contributed by atoms with Gasteiger partial charge in [0.2, 0.25) is 5.91 Å². The molecule has 7 heteroatoms. The van der Waals surface area contributed by atoms with Gasteiger partial charge in [-0.25, -0.2) is 9.78 Å². The van der Waals surface area contributed by atoms with Crippen molar-refractivity contribution < 1.29 is 19.4 Å². The lowest BCUT2D eigenvalue weighted by molar-refractivity contribution is -0.116. The number of aryl methyl sites for hydroxylation is 2. The number of ether oxygens (including phenoxy) is 1. The molecule has 1 amide bonds.